The van der Waals surface area contributed by atoms with E-state index in [4.69, 9.17) is 9.47 Å². The van der Waals surface area contributed by atoms with Crippen LogP contribution in [0, 0.1) is 0 Å². The lowest BCUT2D eigenvalue weighted by Crippen LogP contribution is -2.40. The Balaban J connectivity index is 1.68. The number of anilines is 1. The third-order valence-corrected chi connectivity index (χ3v) is 7.67. The fraction of sp³-hybridized carbons (Fsp3) is 0.316. The molecule has 0 aromatic heterocycles. The molecule has 0 spiro atoms. The van der Waals surface area contributed by atoms with Crippen LogP contribution in [0.25, 0.3) is 0 Å². The number of benzene rings is 2. The third kappa shape index (κ3) is 5.73. The number of thioether (sulfide) groups is 1. The number of halogens is 1. The maximum atomic E-state index is 12.8. The van der Waals surface area contributed by atoms with Crippen molar-refractivity contribution >= 4 is 49.3 Å². The molecule has 2 aromatic rings. The Kier molecular flexibility index (Phi) is 7.58. The fourth-order valence-corrected chi connectivity index (χ4v) is 5.12. The van der Waals surface area contributed by atoms with Gasteiger partial charge in [-0.2, -0.15) is 4.31 Å². The van der Waals surface area contributed by atoms with Crippen molar-refractivity contribution in [2.45, 2.75) is 9.79 Å². The summed E-state index contributed by atoms with van der Waals surface area (Å²) < 4.78 is 38.5. The number of amides is 1. The van der Waals surface area contributed by atoms with Crippen LogP contribution in [0.1, 0.15) is 0 Å². The minimum atomic E-state index is -3.64. The summed E-state index contributed by atoms with van der Waals surface area (Å²) in [4.78, 5) is 13.4. The van der Waals surface area contributed by atoms with Crippen LogP contribution in [0.5, 0.6) is 5.75 Å². The van der Waals surface area contributed by atoms with Crippen molar-refractivity contribution in [2.24, 2.45) is 0 Å². The number of sulfonamides is 1. The Hall–Kier alpha value is -1.59. The molecular formula is C19H21BrN2O5S2. The van der Waals surface area contributed by atoms with E-state index in [2.05, 4.69) is 21.2 Å². The maximum absolute atomic E-state index is 12.8. The third-order valence-electron chi connectivity index (χ3n) is 4.24. The first-order valence-corrected chi connectivity index (χ1v) is 12.1. The van der Waals surface area contributed by atoms with Gasteiger partial charge in [-0.25, -0.2) is 8.42 Å². The summed E-state index contributed by atoms with van der Waals surface area (Å²) in [7, 11) is -2.20. The average Bonchev–Trinajstić information content (AvgIpc) is 2.74. The summed E-state index contributed by atoms with van der Waals surface area (Å²) in [5, 5.41) is 2.78. The van der Waals surface area contributed by atoms with Crippen molar-refractivity contribution in [3.8, 4) is 5.75 Å². The molecule has 0 radical (unpaired) electrons. The van der Waals surface area contributed by atoms with Gasteiger partial charge in [-0.3, -0.25) is 4.79 Å². The Morgan fingerprint density at radius 3 is 2.55 bits per heavy atom. The van der Waals surface area contributed by atoms with E-state index < -0.39 is 10.0 Å². The summed E-state index contributed by atoms with van der Waals surface area (Å²) in [5.74, 6) is 0.305. The average molecular weight is 501 g/mol. The van der Waals surface area contributed by atoms with Gasteiger partial charge >= 0.3 is 0 Å². The van der Waals surface area contributed by atoms with Gasteiger partial charge in [0, 0.05) is 28.5 Å². The monoisotopic (exact) mass is 500 g/mol. The van der Waals surface area contributed by atoms with Gasteiger partial charge in [0.05, 0.1) is 36.7 Å². The fourth-order valence-electron chi connectivity index (χ4n) is 2.74. The number of morpholine rings is 1. The number of methoxy groups -OCH3 is 1. The van der Waals surface area contributed by atoms with Crippen LogP contribution in [0.15, 0.2) is 56.7 Å². The second kappa shape index (κ2) is 9.94. The highest BCUT2D eigenvalue weighted by molar-refractivity contribution is 9.10. The zero-order chi connectivity index (χ0) is 20.9. The first-order valence-electron chi connectivity index (χ1n) is 8.84. The van der Waals surface area contributed by atoms with Crippen LogP contribution in [0.3, 0.4) is 0 Å². The van der Waals surface area contributed by atoms with Gasteiger partial charge in [-0.15, -0.1) is 11.8 Å². The number of hydrogen-bond acceptors (Lipinski definition) is 6. The Labute approximate surface area is 182 Å². The summed E-state index contributed by atoms with van der Waals surface area (Å²) >= 11 is 4.78. The standard InChI is InChI=1S/C19H21BrN2O5S2/c1-26-18-12-16(29(24,25)22-8-10-27-11-9-22)6-7-17(18)21-19(23)13-28-15-4-2-14(20)3-5-15/h2-7,12H,8-11,13H2,1H3,(H,21,23). The number of carbonyl (C=O) groups is 1. The van der Waals surface area contributed by atoms with Crippen molar-refractivity contribution in [2.75, 3.05) is 44.5 Å². The largest absolute Gasteiger partial charge is 0.495 e. The smallest absolute Gasteiger partial charge is 0.243 e. The molecule has 0 atom stereocenters. The van der Waals surface area contributed by atoms with E-state index in [0.717, 1.165) is 9.37 Å². The molecule has 0 saturated carbocycles. The predicted octanol–water partition coefficient (Wildman–Crippen LogP) is 3.21. The second-order valence-electron chi connectivity index (χ2n) is 6.17. The molecule has 1 N–H and O–H groups in total. The SMILES string of the molecule is COc1cc(S(=O)(=O)N2CCOCC2)ccc1NC(=O)CSc1ccc(Br)cc1. The summed E-state index contributed by atoms with van der Waals surface area (Å²) in [6.45, 7) is 1.38. The van der Waals surface area contributed by atoms with Crippen LogP contribution in [0.4, 0.5) is 5.69 Å². The van der Waals surface area contributed by atoms with E-state index in [-0.39, 0.29) is 16.6 Å². The number of carbonyl (C=O) groups excluding carboxylic acids is 1. The zero-order valence-electron chi connectivity index (χ0n) is 15.8. The van der Waals surface area contributed by atoms with Gasteiger partial charge < -0.3 is 14.8 Å². The molecule has 10 heteroatoms. The van der Waals surface area contributed by atoms with E-state index in [9.17, 15) is 13.2 Å². The minimum Gasteiger partial charge on any atom is -0.495 e. The molecule has 1 fully saturated rings. The Bertz CT molecular complexity index is 961. The lowest BCUT2D eigenvalue weighted by molar-refractivity contribution is -0.113. The molecule has 29 heavy (non-hydrogen) atoms. The highest BCUT2D eigenvalue weighted by atomic mass is 79.9. The molecule has 2 aromatic carbocycles. The summed E-state index contributed by atoms with van der Waals surface area (Å²) in [5.41, 5.74) is 0.426. The van der Waals surface area contributed by atoms with Crippen LogP contribution in [0.2, 0.25) is 0 Å². The molecule has 1 heterocycles. The van der Waals surface area contributed by atoms with Gasteiger partial charge in [0.15, 0.2) is 0 Å². The van der Waals surface area contributed by atoms with Gasteiger partial charge in [-0.1, -0.05) is 15.9 Å². The van der Waals surface area contributed by atoms with Crippen LogP contribution < -0.4 is 10.1 Å². The molecule has 0 bridgehead atoms. The number of ether oxygens (including phenoxy) is 2. The van der Waals surface area contributed by atoms with Crippen LogP contribution in [-0.4, -0.2) is 57.8 Å². The van der Waals surface area contributed by atoms with E-state index in [1.807, 2.05) is 24.3 Å². The van der Waals surface area contributed by atoms with Gasteiger partial charge in [0.2, 0.25) is 15.9 Å². The quantitative estimate of drug-likeness (QED) is 0.587. The molecule has 7 nitrogen and oxygen atoms in total. The number of nitrogens with zero attached hydrogens (tertiary/aromatic N) is 1. The molecule has 1 saturated heterocycles. The van der Waals surface area contributed by atoms with Crippen LogP contribution in [-0.2, 0) is 19.6 Å². The van der Waals surface area contributed by atoms with E-state index in [0.29, 0.717) is 37.7 Å². The Morgan fingerprint density at radius 1 is 1.21 bits per heavy atom. The molecule has 0 aliphatic carbocycles. The van der Waals surface area contributed by atoms with Crippen LogP contribution >= 0.6 is 27.7 Å². The summed E-state index contributed by atoms with van der Waals surface area (Å²) in [6, 6.07) is 12.1. The van der Waals surface area contributed by atoms with Gasteiger partial charge in [0.1, 0.15) is 5.75 Å². The van der Waals surface area contributed by atoms with Crippen molar-refractivity contribution < 1.29 is 22.7 Å². The van der Waals surface area contributed by atoms with E-state index in [1.165, 1.54) is 35.3 Å². The second-order valence-corrected chi connectivity index (χ2v) is 10.1. The molecule has 1 aliphatic rings. The number of rotatable bonds is 7. The van der Waals surface area contributed by atoms with E-state index in [1.54, 1.807) is 6.07 Å². The minimum absolute atomic E-state index is 0.124. The molecule has 3 rings (SSSR count). The lowest BCUT2D eigenvalue weighted by Gasteiger charge is -2.26. The molecule has 1 aliphatic heterocycles. The number of nitrogens with one attached hydrogen (secondary N) is 1. The highest BCUT2D eigenvalue weighted by Gasteiger charge is 2.27. The van der Waals surface area contributed by atoms with Crippen molar-refractivity contribution in [3.05, 3.63) is 46.9 Å². The van der Waals surface area contributed by atoms with E-state index >= 15 is 0 Å². The van der Waals surface area contributed by atoms with Crippen molar-refractivity contribution in [1.82, 2.24) is 4.31 Å². The van der Waals surface area contributed by atoms with Gasteiger partial charge in [0.25, 0.3) is 0 Å². The van der Waals surface area contributed by atoms with Crippen molar-refractivity contribution in [1.29, 1.82) is 0 Å². The normalized spacial score (nSPS) is 15.1. The molecule has 0 unspecified atom stereocenters. The highest BCUT2D eigenvalue weighted by Crippen LogP contribution is 2.30. The maximum Gasteiger partial charge on any atom is 0.243 e. The topological polar surface area (TPSA) is 84.9 Å². The molecule has 1 amide bonds. The molecule has 156 valence electrons. The first kappa shape index (κ1) is 22.1. The zero-order valence-corrected chi connectivity index (χ0v) is 19.0. The Morgan fingerprint density at radius 2 is 1.90 bits per heavy atom. The lowest BCUT2D eigenvalue weighted by atomic mass is 10.3. The summed E-state index contributed by atoms with van der Waals surface area (Å²) in [6.07, 6.45) is 0. The van der Waals surface area contributed by atoms with Crippen molar-refractivity contribution in [3.63, 3.8) is 0 Å². The first-order chi connectivity index (χ1) is 13.9. The predicted molar refractivity (Wildman–Crippen MR) is 116 cm³/mol. The molecular weight excluding hydrogens is 480 g/mol. The van der Waals surface area contributed by atoms with Gasteiger partial charge in [-0.05, 0) is 36.4 Å². The number of hydrogen-bond donors (Lipinski definition) is 1.